The van der Waals surface area contributed by atoms with Gasteiger partial charge in [0.15, 0.2) is 0 Å². The number of alkyl carbamates (subject to hydrolysis) is 1. The van der Waals surface area contributed by atoms with E-state index in [1.54, 1.807) is 36.6 Å². The molecule has 0 radical (unpaired) electrons. The predicted octanol–water partition coefficient (Wildman–Crippen LogP) is 4.17. The maximum Gasteiger partial charge on any atom is 0.410 e. The smallest absolute Gasteiger partial charge is 0.410 e. The maximum atomic E-state index is 13.6. The number of hydrogen-bond donors (Lipinski definition) is 3. The van der Waals surface area contributed by atoms with Crippen LogP contribution in [0.25, 0.3) is 0 Å². The van der Waals surface area contributed by atoms with Crippen LogP contribution in [0.5, 0.6) is 0 Å². The summed E-state index contributed by atoms with van der Waals surface area (Å²) in [5, 5.41) is 6.05. The first-order chi connectivity index (χ1) is 21.7. The Kier molecular flexibility index (Phi) is 11.2. The highest BCUT2D eigenvalue weighted by Crippen LogP contribution is 2.44. The highest BCUT2D eigenvalue weighted by molar-refractivity contribution is 6.31. The van der Waals surface area contributed by atoms with E-state index >= 15 is 0 Å². The fourth-order valence-electron chi connectivity index (χ4n) is 6.05. The van der Waals surface area contributed by atoms with Crippen molar-refractivity contribution in [1.82, 2.24) is 20.4 Å². The third-order valence-electron chi connectivity index (χ3n) is 8.48. The molecule has 2 aliphatic heterocycles. The zero-order valence-electron chi connectivity index (χ0n) is 27.1. The van der Waals surface area contributed by atoms with Gasteiger partial charge in [0.25, 0.3) is 0 Å². The second-order valence-corrected chi connectivity index (χ2v) is 13.8. The molecule has 252 valence electrons. The number of nitrogens with two attached hydrogens (primary N) is 1. The molecular formula is C33H46ClN5O7. The molecule has 0 spiro atoms. The number of primary amides is 1. The van der Waals surface area contributed by atoms with Gasteiger partial charge in [0, 0.05) is 37.4 Å². The number of amides is 5. The van der Waals surface area contributed by atoms with Crippen LogP contribution in [0.1, 0.15) is 83.8 Å². The van der Waals surface area contributed by atoms with E-state index in [4.69, 9.17) is 26.8 Å². The average Bonchev–Trinajstić information content (AvgIpc) is 3.27. The van der Waals surface area contributed by atoms with Crippen molar-refractivity contribution >= 4 is 41.5 Å². The molecule has 12 nitrogen and oxygen atoms in total. The summed E-state index contributed by atoms with van der Waals surface area (Å²) in [6, 6.07) is 4.82. The molecule has 1 aromatic carbocycles. The van der Waals surface area contributed by atoms with Crippen molar-refractivity contribution in [3.8, 4) is 0 Å². The molecule has 1 saturated heterocycles. The summed E-state index contributed by atoms with van der Waals surface area (Å²) in [4.78, 5) is 65.6. The van der Waals surface area contributed by atoms with Gasteiger partial charge in [0.1, 0.15) is 23.3 Å². The van der Waals surface area contributed by atoms with Gasteiger partial charge in [-0.25, -0.2) is 9.59 Å². The lowest BCUT2D eigenvalue weighted by molar-refractivity contribution is -0.133. The number of fused-ring (bicyclic) bond motifs is 1. The van der Waals surface area contributed by atoms with Crippen LogP contribution >= 0.6 is 11.6 Å². The van der Waals surface area contributed by atoms with Gasteiger partial charge in [-0.05, 0) is 63.6 Å². The van der Waals surface area contributed by atoms with Crippen LogP contribution in [0.3, 0.4) is 0 Å². The molecule has 0 bridgehead atoms. The lowest BCUT2D eigenvalue weighted by Crippen LogP contribution is -2.49. The molecular weight excluding hydrogens is 614 g/mol. The lowest BCUT2D eigenvalue weighted by atomic mass is 10.1. The SMILES string of the molecule is CC(=O)N[C@]1(C(N)=O)C[C@H]1/C=C\CCCCC[C@H](NC(=O)OC(C)(C)C)C(=O)N1CC[C@@H](OC(=O)N2Cc3cccc(Cl)c3C2)C1. The van der Waals surface area contributed by atoms with Crippen molar-refractivity contribution in [2.24, 2.45) is 11.7 Å². The van der Waals surface area contributed by atoms with Crippen LogP contribution in [-0.4, -0.2) is 76.1 Å². The van der Waals surface area contributed by atoms with Gasteiger partial charge < -0.3 is 30.7 Å². The Bertz CT molecular complexity index is 1360. The molecule has 13 heteroatoms. The fourth-order valence-corrected chi connectivity index (χ4v) is 6.30. The van der Waals surface area contributed by atoms with E-state index in [9.17, 15) is 24.0 Å². The van der Waals surface area contributed by atoms with Crippen molar-refractivity contribution < 1.29 is 33.4 Å². The number of allylic oxidation sites excluding steroid dienone is 1. The number of nitrogens with zero attached hydrogens (tertiary/aromatic N) is 2. The minimum absolute atomic E-state index is 0.109. The summed E-state index contributed by atoms with van der Waals surface area (Å²) in [5.41, 5.74) is 5.71. The molecule has 4 atom stereocenters. The Morgan fingerprint density at radius 2 is 1.89 bits per heavy atom. The third kappa shape index (κ3) is 9.14. The molecule has 1 aliphatic carbocycles. The average molecular weight is 660 g/mol. The first kappa shape index (κ1) is 35.1. The summed E-state index contributed by atoms with van der Waals surface area (Å²) in [6.07, 6.45) is 6.87. The highest BCUT2D eigenvalue weighted by atomic mass is 35.5. The molecule has 0 unspecified atom stereocenters. The van der Waals surface area contributed by atoms with Crippen molar-refractivity contribution in [2.75, 3.05) is 13.1 Å². The molecule has 2 fully saturated rings. The molecule has 4 rings (SSSR count). The minimum atomic E-state index is -0.982. The number of halogens is 1. The predicted molar refractivity (Wildman–Crippen MR) is 171 cm³/mol. The van der Waals surface area contributed by atoms with Crippen LogP contribution in [-0.2, 0) is 36.9 Å². The number of nitrogens with one attached hydrogen (secondary N) is 2. The van der Waals surface area contributed by atoms with E-state index in [-0.39, 0.29) is 24.3 Å². The number of carbonyl (C=O) groups excluding carboxylic acids is 5. The van der Waals surface area contributed by atoms with Crippen LogP contribution < -0.4 is 16.4 Å². The summed E-state index contributed by atoms with van der Waals surface area (Å²) in [6.45, 7) is 8.10. The number of carbonyl (C=O) groups is 5. The quantitative estimate of drug-likeness (QED) is 0.224. The van der Waals surface area contributed by atoms with Crippen LogP contribution in [0, 0.1) is 5.92 Å². The van der Waals surface area contributed by atoms with E-state index in [0.29, 0.717) is 50.3 Å². The fraction of sp³-hybridized carbons (Fsp3) is 0.606. The van der Waals surface area contributed by atoms with E-state index in [1.165, 1.54) is 6.92 Å². The lowest BCUT2D eigenvalue weighted by Gasteiger charge is -2.26. The van der Waals surface area contributed by atoms with E-state index in [2.05, 4.69) is 10.6 Å². The number of benzene rings is 1. The van der Waals surface area contributed by atoms with Gasteiger partial charge in [0.05, 0.1) is 13.1 Å². The molecule has 46 heavy (non-hydrogen) atoms. The standard InChI is InChI=1S/C33H46ClN5O7/c1-21(40)37-33(29(35)42)17-23(33)12-8-6-5-7-9-14-27(36-30(43)46-32(2,3)4)28(41)38-16-15-24(19-38)45-31(44)39-18-22-11-10-13-26(34)25(22)20-39/h8,10-13,23-24,27H,5-7,9,14-20H2,1-4H3,(H2,35,42)(H,36,43)(H,37,40)/b12-8-/t23-,24-,27+,33-/m1/s1. The zero-order valence-corrected chi connectivity index (χ0v) is 27.9. The third-order valence-corrected chi connectivity index (χ3v) is 8.84. The van der Waals surface area contributed by atoms with Gasteiger partial charge in [-0.15, -0.1) is 0 Å². The number of hydrogen-bond acceptors (Lipinski definition) is 7. The number of unbranched alkanes of at least 4 members (excludes halogenated alkanes) is 3. The Hall–Kier alpha value is -3.80. The van der Waals surface area contributed by atoms with Crippen molar-refractivity contribution in [3.63, 3.8) is 0 Å². The van der Waals surface area contributed by atoms with Gasteiger partial charge in [-0.2, -0.15) is 0 Å². The second kappa shape index (κ2) is 14.7. The topological polar surface area (TPSA) is 160 Å². The number of rotatable bonds is 12. The van der Waals surface area contributed by atoms with Crippen molar-refractivity contribution in [3.05, 3.63) is 46.5 Å². The normalized spacial score (nSPS) is 22.7. The van der Waals surface area contributed by atoms with E-state index in [1.807, 2.05) is 24.3 Å². The summed E-state index contributed by atoms with van der Waals surface area (Å²) >= 11 is 6.29. The van der Waals surface area contributed by atoms with Crippen LogP contribution in [0.15, 0.2) is 30.4 Å². The molecule has 1 aromatic rings. The molecule has 4 N–H and O–H groups in total. The van der Waals surface area contributed by atoms with E-state index < -0.39 is 41.4 Å². The molecule has 0 aromatic heterocycles. The van der Waals surface area contributed by atoms with Crippen LogP contribution in [0.4, 0.5) is 9.59 Å². The molecule has 1 saturated carbocycles. The summed E-state index contributed by atoms with van der Waals surface area (Å²) in [5.74, 6) is -1.17. The Balaban J connectivity index is 1.24. The zero-order chi connectivity index (χ0) is 33.6. The van der Waals surface area contributed by atoms with Gasteiger partial charge >= 0.3 is 12.2 Å². The minimum Gasteiger partial charge on any atom is -0.444 e. The van der Waals surface area contributed by atoms with Crippen LogP contribution in [0.2, 0.25) is 5.02 Å². The Labute approximate surface area is 275 Å². The number of ether oxygens (including phenoxy) is 2. The monoisotopic (exact) mass is 659 g/mol. The Morgan fingerprint density at radius 1 is 1.13 bits per heavy atom. The van der Waals surface area contributed by atoms with Gasteiger partial charge in [-0.1, -0.05) is 48.7 Å². The van der Waals surface area contributed by atoms with E-state index in [0.717, 1.165) is 30.4 Å². The summed E-state index contributed by atoms with van der Waals surface area (Å²) < 4.78 is 11.2. The van der Waals surface area contributed by atoms with Gasteiger partial charge in [-0.3, -0.25) is 19.3 Å². The second-order valence-electron chi connectivity index (χ2n) is 13.4. The number of likely N-dealkylation sites (tertiary alicyclic amines) is 1. The first-order valence-electron chi connectivity index (χ1n) is 15.9. The Morgan fingerprint density at radius 3 is 2.57 bits per heavy atom. The molecule has 2 heterocycles. The maximum absolute atomic E-state index is 13.6. The van der Waals surface area contributed by atoms with Gasteiger partial charge in [0.2, 0.25) is 17.7 Å². The molecule has 3 aliphatic rings. The largest absolute Gasteiger partial charge is 0.444 e. The van der Waals surface area contributed by atoms with Crippen molar-refractivity contribution in [1.29, 1.82) is 0 Å². The first-order valence-corrected chi connectivity index (χ1v) is 16.3. The summed E-state index contributed by atoms with van der Waals surface area (Å²) in [7, 11) is 0. The van der Waals surface area contributed by atoms with Crippen molar-refractivity contribution in [2.45, 2.75) is 109 Å². The molecule has 5 amide bonds. The highest BCUT2D eigenvalue weighted by Gasteiger charge is 2.58.